The van der Waals surface area contributed by atoms with Gasteiger partial charge in [-0.25, -0.2) is 4.79 Å². The lowest BCUT2D eigenvalue weighted by molar-refractivity contribution is 0.0695. The van der Waals surface area contributed by atoms with Crippen molar-refractivity contribution < 1.29 is 9.90 Å². The number of aryl methyl sites for hydroxylation is 1. The van der Waals surface area contributed by atoms with Crippen LogP contribution in [0.15, 0.2) is 6.20 Å². The summed E-state index contributed by atoms with van der Waals surface area (Å²) >= 11 is 0. The quantitative estimate of drug-likeness (QED) is 0.833. The van der Waals surface area contributed by atoms with Gasteiger partial charge in [0, 0.05) is 19.6 Å². The highest BCUT2D eigenvalue weighted by atomic mass is 16.4. The third-order valence-corrected chi connectivity index (χ3v) is 3.46. The molecule has 1 aliphatic rings. The van der Waals surface area contributed by atoms with E-state index in [4.69, 9.17) is 5.11 Å². The second-order valence-electron chi connectivity index (χ2n) is 4.65. The zero-order valence-electron chi connectivity index (χ0n) is 10.1. The number of carboxylic acid groups (broad SMARTS) is 1. The number of hydrogen-bond donors (Lipinski definition) is 2. The van der Waals surface area contributed by atoms with Gasteiger partial charge >= 0.3 is 5.97 Å². The lowest BCUT2D eigenvalue weighted by atomic mass is 9.95. The van der Waals surface area contributed by atoms with Gasteiger partial charge in [0.1, 0.15) is 5.56 Å². The van der Waals surface area contributed by atoms with E-state index in [-0.39, 0.29) is 0 Å². The summed E-state index contributed by atoms with van der Waals surface area (Å²) in [6.45, 7) is 0.586. The number of rotatable bonds is 4. The maximum atomic E-state index is 11.0. The van der Waals surface area contributed by atoms with Crippen LogP contribution in [0.2, 0.25) is 0 Å². The molecule has 0 amide bonds. The highest BCUT2D eigenvalue weighted by molar-refractivity contribution is 5.88. The number of nitrogens with one attached hydrogen (secondary N) is 1. The van der Waals surface area contributed by atoms with Crippen LogP contribution in [0.3, 0.4) is 0 Å². The molecule has 0 aromatic carbocycles. The number of hydrogen-bond acceptors (Lipinski definition) is 3. The molecule has 2 rings (SSSR count). The third-order valence-electron chi connectivity index (χ3n) is 3.46. The van der Waals surface area contributed by atoms with Gasteiger partial charge in [-0.05, 0) is 12.8 Å². The topological polar surface area (TPSA) is 67.2 Å². The fraction of sp³-hybridized carbons (Fsp3) is 0.667. The van der Waals surface area contributed by atoms with Crippen molar-refractivity contribution >= 4 is 5.97 Å². The molecule has 1 aliphatic carbocycles. The van der Waals surface area contributed by atoms with Gasteiger partial charge in [-0.1, -0.05) is 19.3 Å². The van der Waals surface area contributed by atoms with Gasteiger partial charge in [0.15, 0.2) is 0 Å². The molecule has 0 radical (unpaired) electrons. The molecule has 1 heterocycles. The predicted octanol–water partition coefficient (Wildman–Crippen LogP) is 1.54. The van der Waals surface area contributed by atoms with E-state index < -0.39 is 5.97 Å². The van der Waals surface area contributed by atoms with Crippen molar-refractivity contribution in [2.24, 2.45) is 7.05 Å². The fourth-order valence-electron chi connectivity index (χ4n) is 2.40. The normalized spacial score (nSPS) is 17.2. The highest BCUT2D eigenvalue weighted by Gasteiger charge is 2.17. The minimum absolute atomic E-state index is 0.302. The standard InChI is InChI=1S/C12H19N3O2/c1-15-11(10(7-14-15)12(16)17)8-13-9-5-3-2-4-6-9/h7,9,13H,2-6,8H2,1H3,(H,16,17). The van der Waals surface area contributed by atoms with E-state index in [2.05, 4.69) is 10.4 Å². The number of aromatic nitrogens is 2. The summed E-state index contributed by atoms with van der Waals surface area (Å²) in [4.78, 5) is 11.0. The number of carbonyl (C=O) groups is 1. The Morgan fingerprint density at radius 1 is 1.53 bits per heavy atom. The first-order valence-corrected chi connectivity index (χ1v) is 6.16. The summed E-state index contributed by atoms with van der Waals surface area (Å²) < 4.78 is 1.64. The Morgan fingerprint density at radius 3 is 2.88 bits per heavy atom. The second kappa shape index (κ2) is 5.31. The maximum absolute atomic E-state index is 11.0. The fourth-order valence-corrected chi connectivity index (χ4v) is 2.40. The molecule has 0 bridgehead atoms. The van der Waals surface area contributed by atoms with E-state index in [1.165, 1.54) is 38.3 Å². The number of nitrogens with zero attached hydrogens (tertiary/aromatic N) is 2. The van der Waals surface area contributed by atoms with E-state index in [1.807, 2.05) is 0 Å². The minimum atomic E-state index is -0.904. The van der Waals surface area contributed by atoms with Gasteiger partial charge in [-0.15, -0.1) is 0 Å². The SMILES string of the molecule is Cn1ncc(C(=O)O)c1CNC1CCCCC1. The molecule has 0 atom stereocenters. The van der Waals surface area contributed by atoms with Gasteiger partial charge in [0.05, 0.1) is 11.9 Å². The summed E-state index contributed by atoms with van der Waals surface area (Å²) in [5, 5.41) is 16.5. The van der Waals surface area contributed by atoms with Gasteiger partial charge in [-0.3, -0.25) is 4.68 Å². The molecule has 5 heteroatoms. The third kappa shape index (κ3) is 2.85. The van der Waals surface area contributed by atoms with Gasteiger partial charge in [0.2, 0.25) is 0 Å². The summed E-state index contributed by atoms with van der Waals surface area (Å²) in [7, 11) is 1.78. The Morgan fingerprint density at radius 2 is 2.24 bits per heavy atom. The zero-order valence-corrected chi connectivity index (χ0v) is 10.1. The van der Waals surface area contributed by atoms with Crippen LogP contribution in [0.1, 0.15) is 48.2 Å². The van der Waals surface area contributed by atoms with Crippen LogP contribution in [0.25, 0.3) is 0 Å². The molecule has 2 N–H and O–H groups in total. The number of carboxylic acids is 1. The first-order chi connectivity index (χ1) is 8.18. The van der Waals surface area contributed by atoms with Crippen LogP contribution in [0, 0.1) is 0 Å². The summed E-state index contributed by atoms with van der Waals surface area (Å²) in [5.41, 5.74) is 1.05. The van der Waals surface area contributed by atoms with Crippen molar-refractivity contribution in [2.45, 2.75) is 44.7 Å². The Balaban J connectivity index is 1.97. The van der Waals surface area contributed by atoms with Crippen molar-refractivity contribution in [1.29, 1.82) is 0 Å². The van der Waals surface area contributed by atoms with Gasteiger partial charge in [0.25, 0.3) is 0 Å². The zero-order chi connectivity index (χ0) is 12.3. The minimum Gasteiger partial charge on any atom is -0.478 e. The molecule has 0 saturated heterocycles. The van der Waals surface area contributed by atoms with Crippen molar-refractivity contribution in [3.63, 3.8) is 0 Å². The molecule has 1 aromatic heterocycles. The number of aromatic carboxylic acids is 1. The molecule has 17 heavy (non-hydrogen) atoms. The average molecular weight is 237 g/mol. The summed E-state index contributed by atoms with van der Waals surface area (Å²) in [5.74, 6) is -0.904. The van der Waals surface area contributed by atoms with E-state index in [1.54, 1.807) is 11.7 Å². The van der Waals surface area contributed by atoms with E-state index in [9.17, 15) is 4.79 Å². The first kappa shape index (κ1) is 12.1. The summed E-state index contributed by atoms with van der Waals surface area (Å²) in [6.07, 6.45) is 7.68. The lowest BCUT2D eigenvalue weighted by Crippen LogP contribution is -2.31. The van der Waals surface area contributed by atoms with Crippen LogP contribution in [0.4, 0.5) is 0 Å². The van der Waals surface area contributed by atoms with Crippen molar-refractivity contribution in [3.05, 3.63) is 17.5 Å². The lowest BCUT2D eigenvalue weighted by Gasteiger charge is -2.22. The molecule has 5 nitrogen and oxygen atoms in total. The van der Waals surface area contributed by atoms with Gasteiger partial charge in [-0.2, -0.15) is 5.10 Å². The Labute approximate surface area is 101 Å². The molecule has 94 valence electrons. The maximum Gasteiger partial charge on any atom is 0.339 e. The molecule has 1 fully saturated rings. The predicted molar refractivity (Wildman–Crippen MR) is 63.9 cm³/mol. The van der Waals surface area contributed by atoms with Crippen molar-refractivity contribution in [3.8, 4) is 0 Å². The Kier molecular flexibility index (Phi) is 3.78. The van der Waals surface area contributed by atoms with Crippen LogP contribution < -0.4 is 5.32 Å². The molecule has 0 unspecified atom stereocenters. The molecule has 0 aliphatic heterocycles. The van der Waals surface area contributed by atoms with E-state index >= 15 is 0 Å². The first-order valence-electron chi connectivity index (χ1n) is 6.16. The molecule has 1 aromatic rings. The highest BCUT2D eigenvalue weighted by Crippen LogP contribution is 2.18. The van der Waals surface area contributed by atoms with Crippen LogP contribution in [-0.4, -0.2) is 26.9 Å². The summed E-state index contributed by atoms with van der Waals surface area (Å²) in [6, 6.07) is 0.528. The Hall–Kier alpha value is -1.36. The van der Waals surface area contributed by atoms with Crippen LogP contribution >= 0.6 is 0 Å². The average Bonchev–Trinajstić information content (AvgIpc) is 2.69. The molecule has 1 saturated carbocycles. The van der Waals surface area contributed by atoms with Crippen LogP contribution in [-0.2, 0) is 13.6 Å². The molecule has 0 spiro atoms. The second-order valence-corrected chi connectivity index (χ2v) is 4.65. The smallest absolute Gasteiger partial charge is 0.339 e. The van der Waals surface area contributed by atoms with Crippen molar-refractivity contribution in [2.75, 3.05) is 0 Å². The van der Waals surface area contributed by atoms with E-state index in [0.29, 0.717) is 18.2 Å². The molecular formula is C12H19N3O2. The van der Waals surface area contributed by atoms with Crippen LogP contribution in [0.5, 0.6) is 0 Å². The van der Waals surface area contributed by atoms with Crippen molar-refractivity contribution in [1.82, 2.24) is 15.1 Å². The van der Waals surface area contributed by atoms with E-state index in [0.717, 1.165) is 5.69 Å². The molecular weight excluding hydrogens is 218 g/mol. The largest absolute Gasteiger partial charge is 0.478 e. The monoisotopic (exact) mass is 237 g/mol. The van der Waals surface area contributed by atoms with Gasteiger partial charge < -0.3 is 10.4 Å². The Bertz CT molecular complexity index is 394.